The van der Waals surface area contributed by atoms with Crippen LogP contribution in [0.2, 0.25) is 0 Å². The molecule has 0 aromatic heterocycles. The second kappa shape index (κ2) is 13.6. The zero-order valence-electron chi connectivity index (χ0n) is 10.1. The highest BCUT2D eigenvalue weighted by molar-refractivity contribution is 5.64. The highest BCUT2D eigenvalue weighted by atomic mass is 16.1. The molecule has 0 bridgehead atoms. The van der Waals surface area contributed by atoms with E-state index < -0.39 is 0 Å². The lowest BCUT2D eigenvalue weighted by Crippen LogP contribution is -1.66. The van der Waals surface area contributed by atoms with E-state index in [0.717, 1.165) is 38.4 Å². The molecular weight excluding hydrogens is 196 g/mol. The van der Waals surface area contributed by atoms with Gasteiger partial charge in [0.15, 0.2) is 0 Å². The average Bonchev–Trinajstić information content (AvgIpc) is 2.31. The van der Waals surface area contributed by atoms with Gasteiger partial charge in [-0.05, 0) is 38.2 Å². The molecule has 0 saturated heterocycles. The Balaban J connectivity index is 3.36. The number of hydrogen-bond acceptors (Lipinski definition) is 1. The molecule has 0 aliphatic rings. The molecule has 0 aliphatic heterocycles. The third-order valence-corrected chi connectivity index (χ3v) is 1.99. The molecule has 0 saturated carbocycles. The van der Waals surface area contributed by atoms with Crippen LogP contribution < -0.4 is 0 Å². The Morgan fingerprint density at radius 1 is 0.750 bits per heavy atom. The van der Waals surface area contributed by atoms with Crippen LogP contribution >= 0.6 is 0 Å². The third-order valence-electron chi connectivity index (χ3n) is 1.99. The summed E-state index contributed by atoms with van der Waals surface area (Å²) in [7, 11) is 0. The summed E-state index contributed by atoms with van der Waals surface area (Å²) in [6.07, 6.45) is 22.4. The third kappa shape index (κ3) is 12.6. The monoisotopic (exact) mass is 218 g/mol. The Kier molecular flexibility index (Phi) is 12.5. The molecule has 0 atom stereocenters. The first-order chi connectivity index (χ1) is 7.91. The summed E-state index contributed by atoms with van der Waals surface area (Å²) in [6.45, 7) is 2.14. The zero-order valence-corrected chi connectivity index (χ0v) is 10.1. The van der Waals surface area contributed by atoms with Crippen molar-refractivity contribution >= 4 is 6.29 Å². The van der Waals surface area contributed by atoms with Gasteiger partial charge >= 0.3 is 0 Å². The quantitative estimate of drug-likeness (QED) is 0.243. The minimum atomic E-state index is 0.816. The lowest BCUT2D eigenvalue weighted by Gasteiger charge is -1.86. The van der Waals surface area contributed by atoms with Crippen LogP contribution in [0, 0.1) is 0 Å². The molecular formula is C15H22O. The van der Waals surface area contributed by atoms with Crippen LogP contribution in [0.1, 0.15) is 39.0 Å². The summed E-state index contributed by atoms with van der Waals surface area (Å²) >= 11 is 0. The minimum absolute atomic E-state index is 0.816. The van der Waals surface area contributed by atoms with Gasteiger partial charge in [0.05, 0.1) is 0 Å². The van der Waals surface area contributed by atoms with Gasteiger partial charge in [0.25, 0.3) is 0 Å². The van der Waals surface area contributed by atoms with E-state index in [2.05, 4.69) is 43.4 Å². The lowest BCUT2D eigenvalue weighted by molar-refractivity contribution is -0.104. The Labute approximate surface area is 99.3 Å². The van der Waals surface area contributed by atoms with Crippen molar-refractivity contribution < 1.29 is 4.79 Å². The van der Waals surface area contributed by atoms with Crippen molar-refractivity contribution in [1.82, 2.24) is 0 Å². The Bertz CT molecular complexity index is 257. The summed E-state index contributed by atoms with van der Waals surface area (Å²) < 4.78 is 0. The molecule has 0 radical (unpaired) electrons. The summed E-state index contributed by atoms with van der Waals surface area (Å²) in [5.41, 5.74) is 0. The smallest absolute Gasteiger partial charge is 0.142 e. The van der Waals surface area contributed by atoms with Crippen LogP contribution in [0.3, 0.4) is 0 Å². The summed E-state index contributed by atoms with van der Waals surface area (Å²) in [4.78, 5) is 9.97. The largest absolute Gasteiger partial charge is 0.299 e. The molecule has 1 nitrogen and oxygen atoms in total. The maximum Gasteiger partial charge on any atom is 0.142 e. The van der Waals surface area contributed by atoms with Crippen LogP contribution in [0.4, 0.5) is 0 Å². The van der Waals surface area contributed by atoms with Crippen molar-refractivity contribution in [3.8, 4) is 0 Å². The van der Waals surface area contributed by atoms with Gasteiger partial charge in [-0.3, -0.25) is 4.79 Å². The summed E-state index contributed by atoms with van der Waals surface area (Å²) in [6, 6.07) is 0. The first kappa shape index (κ1) is 14.6. The van der Waals surface area contributed by atoms with Crippen molar-refractivity contribution in [2.45, 2.75) is 39.0 Å². The molecule has 1 heteroatoms. The number of carbonyl (C=O) groups is 1. The zero-order chi connectivity index (χ0) is 11.9. The van der Waals surface area contributed by atoms with Gasteiger partial charge in [-0.2, -0.15) is 0 Å². The number of aldehydes is 1. The topological polar surface area (TPSA) is 17.1 Å². The van der Waals surface area contributed by atoms with Crippen LogP contribution in [-0.4, -0.2) is 6.29 Å². The molecule has 0 aromatic carbocycles. The fourth-order valence-electron chi connectivity index (χ4n) is 1.17. The molecule has 0 aliphatic carbocycles. The molecule has 16 heavy (non-hydrogen) atoms. The Hall–Kier alpha value is -1.37. The Morgan fingerprint density at radius 3 is 1.94 bits per heavy atom. The van der Waals surface area contributed by atoms with Gasteiger partial charge in [-0.15, -0.1) is 0 Å². The van der Waals surface area contributed by atoms with E-state index in [9.17, 15) is 4.79 Å². The molecule has 0 spiro atoms. The lowest BCUT2D eigenvalue weighted by atomic mass is 10.2. The van der Waals surface area contributed by atoms with Gasteiger partial charge in [0, 0.05) is 0 Å². The van der Waals surface area contributed by atoms with Gasteiger partial charge < -0.3 is 0 Å². The predicted octanol–water partition coefficient (Wildman–Crippen LogP) is 4.38. The highest BCUT2D eigenvalue weighted by Gasteiger charge is 1.76. The fraction of sp³-hybridized carbons (Fsp3) is 0.400. The second-order valence-corrected chi connectivity index (χ2v) is 3.44. The van der Waals surface area contributed by atoms with Crippen LogP contribution in [0.5, 0.6) is 0 Å². The van der Waals surface area contributed by atoms with E-state index in [-0.39, 0.29) is 0 Å². The molecule has 0 N–H and O–H groups in total. The van der Waals surface area contributed by atoms with E-state index in [1.165, 1.54) is 0 Å². The number of rotatable bonds is 9. The van der Waals surface area contributed by atoms with E-state index >= 15 is 0 Å². The number of hydrogen-bond donors (Lipinski definition) is 0. The van der Waals surface area contributed by atoms with Gasteiger partial charge in [0.2, 0.25) is 0 Å². The van der Waals surface area contributed by atoms with Crippen LogP contribution in [0.25, 0.3) is 0 Å². The highest BCUT2D eigenvalue weighted by Crippen LogP contribution is 1.96. The fourth-order valence-corrected chi connectivity index (χ4v) is 1.17. The molecule has 88 valence electrons. The van der Waals surface area contributed by atoms with Crippen molar-refractivity contribution in [1.29, 1.82) is 0 Å². The van der Waals surface area contributed by atoms with Crippen molar-refractivity contribution in [2.75, 3.05) is 0 Å². The van der Waals surface area contributed by atoms with Crippen LogP contribution in [-0.2, 0) is 4.79 Å². The minimum Gasteiger partial charge on any atom is -0.299 e. The van der Waals surface area contributed by atoms with E-state index in [0.29, 0.717) is 0 Å². The van der Waals surface area contributed by atoms with Crippen molar-refractivity contribution in [2.24, 2.45) is 0 Å². The van der Waals surface area contributed by atoms with Crippen molar-refractivity contribution in [3.05, 3.63) is 48.6 Å². The Morgan fingerprint density at radius 2 is 1.31 bits per heavy atom. The molecule has 0 fully saturated rings. The number of unbranched alkanes of at least 4 members (excludes halogenated alkanes) is 1. The van der Waals surface area contributed by atoms with Gasteiger partial charge in [-0.1, -0.05) is 49.5 Å². The molecule has 0 heterocycles. The predicted molar refractivity (Wildman–Crippen MR) is 71.4 cm³/mol. The standard InChI is InChI=1S/C15H22O/c1-2-3-4-5-6-7-8-9-10-11-12-13-14-15-16/h3-4,6-7,9-10,13-15H,2,5,8,11-12H2,1H3/b4-3-,7-6-,10-9-,14-13+. The molecule has 0 rings (SSSR count). The van der Waals surface area contributed by atoms with E-state index in [4.69, 9.17) is 0 Å². The normalized spacial score (nSPS) is 12.6. The van der Waals surface area contributed by atoms with Crippen molar-refractivity contribution in [3.63, 3.8) is 0 Å². The maximum atomic E-state index is 9.97. The number of allylic oxidation sites excluding steroid dienone is 8. The van der Waals surface area contributed by atoms with E-state index in [1.807, 2.05) is 6.08 Å². The van der Waals surface area contributed by atoms with Gasteiger partial charge in [0.1, 0.15) is 6.29 Å². The average molecular weight is 218 g/mol. The van der Waals surface area contributed by atoms with E-state index in [1.54, 1.807) is 6.08 Å². The molecule has 0 unspecified atom stereocenters. The molecule has 0 amide bonds. The summed E-state index contributed by atoms with van der Waals surface area (Å²) in [5, 5.41) is 0. The number of carbonyl (C=O) groups excluding carboxylic acids is 1. The second-order valence-electron chi connectivity index (χ2n) is 3.44. The SMILES string of the molecule is CC/C=C\C/C=C\C/C=C\CC/C=C/C=O. The van der Waals surface area contributed by atoms with Crippen LogP contribution in [0.15, 0.2) is 48.6 Å². The first-order valence-electron chi connectivity index (χ1n) is 5.97. The van der Waals surface area contributed by atoms with Gasteiger partial charge in [-0.25, -0.2) is 0 Å². The summed E-state index contributed by atoms with van der Waals surface area (Å²) in [5.74, 6) is 0. The first-order valence-corrected chi connectivity index (χ1v) is 5.97. The molecule has 0 aromatic rings. The maximum absolute atomic E-state index is 9.97.